The molecule has 1 amide bonds. The fourth-order valence-corrected chi connectivity index (χ4v) is 2.66. The summed E-state index contributed by atoms with van der Waals surface area (Å²) in [6.45, 7) is 4.35. The lowest BCUT2D eigenvalue weighted by Crippen LogP contribution is -2.53. The van der Waals surface area contributed by atoms with Crippen molar-refractivity contribution in [2.75, 3.05) is 33.3 Å². The van der Waals surface area contributed by atoms with Crippen LogP contribution in [0.5, 0.6) is 0 Å². The van der Waals surface area contributed by atoms with Crippen LogP contribution in [0.25, 0.3) is 0 Å². The highest BCUT2D eigenvalue weighted by Crippen LogP contribution is 2.16. The van der Waals surface area contributed by atoms with Crippen molar-refractivity contribution in [3.05, 3.63) is 35.4 Å². The Kier molecular flexibility index (Phi) is 5.38. The molecule has 1 saturated heterocycles. The minimum absolute atomic E-state index is 0.0318. The van der Waals surface area contributed by atoms with E-state index in [1.54, 1.807) is 0 Å². The van der Waals surface area contributed by atoms with Crippen LogP contribution >= 0.6 is 0 Å². The molecule has 4 nitrogen and oxygen atoms in total. The van der Waals surface area contributed by atoms with Crippen molar-refractivity contribution in [1.82, 2.24) is 9.80 Å². The lowest BCUT2D eigenvalue weighted by atomic mass is 10.0. The second-order valence-corrected chi connectivity index (χ2v) is 5.30. The summed E-state index contributed by atoms with van der Waals surface area (Å²) in [6.07, 6.45) is 1.03. The third kappa shape index (κ3) is 3.63. The highest BCUT2D eigenvalue weighted by atomic mass is 16.2. The van der Waals surface area contributed by atoms with Gasteiger partial charge in [-0.3, -0.25) is 9.69 Å². The molecule has 1 heterocycles. The molecule has 0 aliphatic carbocycles. The van der Waals surface area contributed by atoms with Gasteiger partial charge in [-0.05, 0) is 25.6 Å². The predicted octanol–water partition coefficient (Wildman–Crippen LogP) is 1.20. The second kappa shape index (κ2) is 7.26. The summed E-state index contributed by atoms with van der Waals surface area (Å²) in [6, 6.07) is 7.76. The van der Waals surface area contributed by atoms with E-state index in [1.807, 2.05) is 29.2 Å². The Morgan fingerprint density at radius 2 is 2.14 bits per heavy atom. The van der Waals surface area contributed by atoms with Crippen molar-refractivity contribution in [1.29, 1.82) is 0 Å². The second-order valence-electron chi connectivity index (χ2n) is 5.30. The molecule has 1 unspecified atom stereocenters. The molecule has 2 rings (SSSR count). The SMILES string of the molecule is CCC1CN(C(=O)c2ccccc2C#CCO)CCN1C. The lowest BCUT2D eigenvalue weighted by Gasteiger charge is -2.39. The molecule has 1 atom stereocenters. The number of carbonyl (C=O) groups is 1. The molecule has 0 radical (unpaired) electrons. The van der Waals surface area contributed by atoms with E-state index >= 15 is 0 Å². The van der Waals surface area contributed by atoms with E-state index in [0.29, 0.717) is 17.2 Å². The van der Waals surface area contributed by atoms with Crippen LogP contribution < -0.4 is 0 Å². The molecule has 0 aromatic heterocycles. The van der Waals surface area contributed by atoms with E-state index in [4.69, 9.17) is 5.11 Å². The summed E-state index contributed by atoms with van der Waals surface area (Å²) in [4.78, 5) is 16.9. The van der Waals surface area contributed by atoms with Crippen LogP contribution in [0.15, 0.2) is 24.3 Å². The van der Waals surface area contributed by atoms with Gasteiger partial charge in [0.05, 0.1) is 5.56 Å². The number of likely N-dealkylation sites (N-methyl/N-ethyl adjacent to an activating group) is 1. The molecule has 1 aliphatic heterocycles. The van der Waals surface area contributed by atoms with Crippen LogP contribution in [-0.4, -0.2) is 60.1 Å². The molecular formula is C17H22N2O2. The molecule has 1 N–H and O–H groups in total. The van der Waals surface area contributed by atoms with Crippen LogP contribution in [0.4, 0.5) is 0 Å². The normalized spacial score (nSPS) is 19.0. The van der Waals surface area contributed by atoms with Crippen molar-refractivity contribution >= 4 is 5.91 Å². The molecular weight excluding hydrogens is 264 g/mol. The Morgan fingerprint density at radius 3 is 2.86 bits per heavy atom. The zero-order valence-corrected chi connectivity index (χ0v) is 12.7. The number of rotatable bonds is 2. The molecule has 1 fully saturated rings. The fourth-order valence-electron chi connectivity index (χ4n) is 2.66. The summed E-state index contributed by atoms with van der Waals surface area (Å²) < 4.78 is 0. The number of hydrogen-bond acceptors (Lipinski definition) is 3. The number of carbonyl (C=O) groups excluding carboxylic acids is 1. The monoisotopic (exact) mass is 286 g/mol. The summed E-state index contributed by atoms with van der Waals surface area (Å²) >= 11 is 0. The molecule has 112 valence electrons. The fraction of sp³-hybridized carbons (Fsp3) is 0.471. The van der Waals surface area contributed by atoms with Gasteiger partial charge in [0.2, 0.25) is 0 Å². The first-order chi connectivity index (χ1) is 10.2. The maximum absolute atomic E-state index is 12.7. The number of aliphatic hydroxyl groups is 1. The van der Waals surface area contributed by atoms with Crippen molar-refractivity contribution in [3.63, 3.8) is 0 Å². The number of benzene rings is 1. The quantitative estimate of drug-likeness (QED) is 0.831. The van der Waals surface area contributed by atoms with E-state index in [-0.39, 0.29) is 12.5 Å². The van der Waals surface area contributed by atoms with Gasteiger partial charge in [-0.1, -0.05) is 30.9 Å². The van der Waals surface area contributed by atoms with E-state index in [9.17, 15) is 4.79 Å². The van der Waals surface area contributed by atoms with Gasteiger partial charge in [-0.25, -0.2) is 0 Å². The number of piperazine rings is 1. The maximum Gasteiger partial charge on any atom is 0.255 e. The first-order valence-electron chi connectivity index (χ1n) is 7.35. The van der Waals surface area contributed by atoms with Gasteiger partial charge in [0.1, 0.15) is 6.61 Å². The van der Waals surface area contributed by atoms with E-state index in [2.05, 4.69) is 30.7 Å². The predicted molar refractivity (Wildman–Crippen MR) is 83.0 cm³/mol. The third-order valence-electron chi connectivity index (χ3n) is 4.00. The Labute approximate surface area is 126 Å². The van der Waals surface area contributed by atoms with Crippen LogP contribution in [0.1, 0.15) is 29.3 Å². The largest absolute Gasteiger partial charge is 0.384 e. The van der Waals surface area contributed by atoms with Gasteiger partial charge in [0, 0.05) is 31.2 Å². The first kappa shape index (κ1) is 15.6. The molecule has 1 aliphatic rings. The standard InChI is InChI=1S/C17H22N2O2/c1-3-15-13-19(11-10-18(15)2)17(21)16-9-5-4-7-14(16)8-6-12-20/h4-5,7,9,15,20H,3,10-13H2,1-2H3. The summed E-state index contributed by atoms with van der Waals surface area (Å²) in [7, 11) is 2.11. The van der Waals surface area contributed by atoms with Crippen molar-refractivity contribution in [2.45, 2.75) is 19.4 Å². The number of nitrogens with zero attached hydrogens (tertiary/aromatic N) is 2. The minimum atomic E-state index is -0.199. The third-order valence-corrected chi connectivity index (χ3v) is 4.00. The summed E-state index contributed by atoms with van der Waals surface area (Å²) in [5, 5.41) is 8.83. The maximum atomic E-state index is 12.7. The Bertz CT molecular complexity index is 559. The number of hydrogen-bond donors (Lipinski definition) is 1. The Balaban J connectivity index is 2.20. The highest BCUT2D eigenvalue weighted by Gasteiger charge is 2.27. The van der Waals surface area contributed by atoms with Crippen molar-refractivity contribution in [2.24, 2.45) is 0 Å². The number of aliphatic hydroxyl groups excluding tert-OH is 1. The average Bonchev–Trinajstić information content (AvgIpc) is 2.53. The van der Waals surface area contributed by atoms with Gasteiger partial charge in [0.25, 0.3) is 5.91 Å². The van der Waals surface area contributed by atoms with Gasteiger partial charge in [-0.15, -0.1) is 0 Å². The van der Waals surface area contributed by atoms with Crippen molar-refractivity contribution in [3.8, 4) is 11.8 Å². The molecule has 1 aromatic carbocycles. The van der Waals surface area contributed by atoms with E-state index in [1.165, 1.54) is 0 Å². The minimum Gasteiger partial charge on any atom is -0.384 e. The zero-order chi connectivity index (χ0) is 15.2. The smallest absolute Gasteiger partial charge is 0.255 e. The lowest BCUT2D eigenvalue weighted by molar-refractivity contribution is 0.0541. The van der Waals surface area contributed by atoms with Crippen molar-refractivity contribution < 1.29 is 9.90 Å². The zero-order valence-electron chi connectivity index (χ0n) is 12.7. The van der Waals surface area contributed by atoms with Crippen LogP contribution in [0, 0.1) is 11.8 Å². The van der Waals surface area contributed by atoms with Crippen LogP contribution in [-0.2, 0) is 0 Å². The number of amides is 1. The topological polar surface area (TPSA) is 43.8 Å². The molecule has 4 heteroatoms. The summed E-state index contributed by atoms with van der Waals surface area (Å²) in [5.41, 5.74) is 1.31. The summed E-state index contributed by atoms with van der Waals surface area (Å²) in [5.74, 6) is 5.51. The van der Waals surface area contributed by atoms with E-state index in [0.717, 1.165) is 26.1 Å². The molecule has 0 bridgehead atoms. The van der Waals surface area contributed by atoms with Gasteiger partial charge in [-0.2, -0.15) is 0 Å². The van der Waals surface area contributed by atoms with E-state index < -0.39 is 0 Å². The van der Waals surface area contributed by atoms with Crippen LogP contribution in [0.3, 0.4) is 0 Å². The Hall–Kier alpha value is -1.83. The molecule has 21 heavy (non-hydrogen) atoms. The van der Waals surface area contributed by atoms with Gasteiger partial charge < -0.3 is 10.0 Å². The van der Waals surface area contributed by atoms with Gasteiger partial charge >= 0.3 is 0 Å². The van der Waals surface area contributed by atoms with Gasteiger partial charge in [0.15, 0.2) is 0 Å². The molecule has 0 saturated carbocycles. The molecule has 1 aromatic rings. The average molecular weight is 286 g/mol. The Morgan fingerprint density at radius 1 is 1.38 bits per heavy atom. The highest BCUT2D eigenvalue weighted by molar-refractivity contribution is 5.96. The first-order valence-corrected chi connectivity index (χ1v) is 7.35. The van der Waals surface area contributed by atoms with Crippen LogP contribution in [0.2, 0.25) is 0 Å². The molecule has 0 spiro atoms.